The summed E-state index contributed by atoms with van der Waals surface area (Å²) in [5.41, 5.74) is 0.779. The number of fused-ring (bicyclic) bond motifs is 1. The van der Waals surface area contributed by atoms with Gasteiger partial charge in [-0.2, -0.15) is 0 Å². The van der Waals surface area contributed by atoms with Gasteiger partial charge in [-0.15, -0.1) is 11.3 Å². The highest BCUT2D eigenvalue weighted by Gasteiger charge is 2.18. The summed E-state index contributed by atoms with van der Waals surface area (Å²) in [7, 11) is 0. The standard InChI is InChI=1S/C16H17ClO3S/c17-13-9-11(10-15-16(13)20-7-2-6-19-15)14(18)5-4-12-3-1-8-21-12/h1,3,8-10,14,18H,2,4-7H2. The first kappa shape index (κ1) is 14.7. The van der Waals surface area contributed by atoms with Crippen LogP contribution < -0.4 is 9.47 Å². The van der Waals surface area contributed by atoms with E-state index >= 15 is 0 Å². The van der Waals surface area contributed by atoms with Crippen molar-refractivity contribution in [2.24, 2.45) is 0 Å². The van der Waals surface area contributed by atoms with Crippen LogP contribution in [0, 0.1) is 0 Å². The highest BCUT2D eigenvalue weighted by atomic mass is 35.5. The summed E-state index contributed by atoms with van der Waals surface area (Å²) in [4.78, 5) is 1.27. The Morgan fingerprint density at radius 2 is 2.14 bits per heavy atom. The minimum atomic E-state index is -0.554. The zero-order chi connectivity index (χ0) is 14.7. The number of halogens is 1. The molecular formula is C16H17ClO3S. The average Bonchev–Trinajstić information content (AvgIpc) is 2.88. The van der Waals surface area contributed by atoms with Crippen molar-refractivity contribution >= 4 is 22.9 Å². The molecule has 21 heavy (non-hydrogen) atoms. The molecule has 112 valence electrons. The molecule has 3 rings (SSSR count). The number of hydrogen-bond donors (Lipinski definition) is 1. The Hall–Kier alpha value is -1.23. The smallest absolute Gasteiger partial charge is 0.179 e. The highest BCUT2D eigenvalue weighted by Crippen LogP contribution is 2.40. The second-order valence-corrected chi connectivity index (χ2v) is 6.45. The average molecular weight is 325 g/mol. The summed E-state index contributed by atoms with van der Waals surface area (Å²) in [6.45, 7) is 1.21. The van der Waals surface area contributed by atoms with E-state index < -0.39 is 6.10 Å². The van der Waals surface area contributed by atoms with Gasteiger partial charge in [0.25, 0.3) is 0 Å². The third-order valence-electron chi connectivity index (χ3n) is 3.45. The summed E-state index contributed by atoms with van der Waals surface area (Å²) in [6, 6.07) is 7.72. The summed E-state index contributed by atoms with van der Waals surface area (Å²) in [5.74, 6) is 1.22. The van der Waals surface area contributed by atoms with Gasteiger partial charge in [0.05, 0.1) is 24.3 Å². The van der Waals surface area contributed by atoms with Crippen molar-refractivity contribution in [3.63, 3.8) is 0 Å². The molecule has 0 amide bonds. The van der Waals surface area contributed by atoms with Gasteiger partial charge in [-0.3, -0.25) is 0 Å². The number of ether oxygens (including phenoxy) is 2. The number of aliphatic hydroxyl groups excluding tert-OH is 1. The maximum Gasteiger partial charge on any atom is 0.179 e. The van der Waals surface area contributed by atoms with Crippen LogP contribution in [0.1, 0.15) is 29.4 Å². The van der Waals surface area contributed by atoms with E-state index in [2.05, 4.69) is 6.07 Å². The molecule has 0 fully saturated rings. The second kappa shape index (κ2) is 6.69. The molecule has 0 radical (unpaired) electrons. The van der Waals surface area contributed by atoms with Gasteiger partial charge >= 0.3 is 0 Å². The van der Waals surface area contributed by atoms with Crippen molar-refractivity contribution < 1.29 is 14.6 Å². The molecule has 1 aromatic carbocycles. The van der Waals surface area contributed by atoms with Gasteiger partial charge in [-0.1, -0.05) is 17.7 Å². The molecule has 1 aliphatic heterocycles. The van der Waals surface area contributed by atoms with Crippen LogP contribution in [0.3, 0.4) is 0 Å². The van der Waals surface area contributed by atoms with Crippen molar-refractivity contribution in [2.45, 2.75) is 25.4 Å². The van der Waals surface area contributed by atoms with Crippen molar-refractivity contribution in [3.8, 4) is 11.5 Å². The molecule has 1 N–H and O–H groups in total. The van der Waals surface area contributed by atoms with E-state index in [0.717, 1.165) is 18.4 Å². The van der Waals surface area contributed by atoms with Gasteiger partial charge in [0.1, 0.15) is 0 Å². The Bertz CT molecular complexity index is 598. The fourth-order valence-corrected chi connectivity index (χ4v) is 3.34. The Morgan fingerprint density at radius 1 is 1.29 bits per heavy atom. The first-order valence-corrected chi connectivity index (χ1v) is 8.29. The monoisotopic (exact) mass is 324 g/mol. The Morgan fingerprint density at radius 3 is 2.95 bits per heavy atom. The van der Waals surface area contributed by atoms with Crippen LogP contribution in [0.5, 0.6) is 11.5 Å². The predicted octanol–water partition coefficient (Wildman–Crippen LogP) is 4.23. The molecule has 1 atom stereocenters. The molecule has 3 nitrogen and oxygen atoms in total. The lowest BCUT2D eigenvalue weighted by Gasteiger charge is -2.15. The second-order valence-electron chi connectivity index (χ2n) is 5.01. The molecule has 0 saturated heterocycles. The van der Waals surface area contributed by atoms with Crippen molar-refractivity contribution in [1.82, 2.24) is 0 Å². The molecule has 1 unspecified atom stereocenters. The van der Waals surface area contributed by atoms with Crippen LogP contribution in [-0.4, -0.2) is 18.3 Å². The van der Waals surface area contributed by atoms with E-state index in [1.54, 1.807) is 17.4 Å². The minimum absolute atomic E-state index is 0.500. The fraction of sp³-hybridized carbons (Fsp3) is 0.375. The SMILES string of the molecule is OC(CCc1cccs1)c1cc(Cl)c2c(c1)OCCCO2. The molecule has 5 heteroatoms. The topological polar surface area (TPSA) is 38.7 Å². The van der Waals surface area contributed by atoms with Crippen molar-refractivity contribution in [3.05, 3.63) is 45.1 Å². The summed E-state index contributed by atoms with van der Waals surface area (Å²) in [6.07, 6.45) is 1.80. The Kier molecular flexibility index (Phi) is 4.68. The summed E-state index contributed by atoms with van der Waals surface area (Å²) < 4.78 is 11.2. The van der Waals surface area contributed by atoms with Gasteiger partial charge in [0.2, 0.25) is 0 Å². The summed E-state index contributed by atoms with van der Waals surface area (Å²) in [5, 5.41) is 12.9. The van der Waals surface area contributed by atoms with Crippen molar-refractivity contribution in [1.29, 1.82) is 0 Å². The zero-order valence-electron chi connectivity index (χ0n) is 11.5. The van der Waals surface area contributed by atoms with Crippen LogP contribution in [0.15, 0.2) is 29.6 Å². The number of aliphatic hydroxyl groups is 1. The molecule has 2 aromatic rings. The van der Waals surface area contributed by atoms with Crippen molar-refractivity contribution in [2.75, 3.05) is 13.2 Å². The van der Waals surface area contributed by atoms with Crippen LogP contribution in [0.25, 0.3) is 0 Å². The quantitative estimate of drug-likeness (QED) is 0.914. The largest absolute Gasteiger partial charge is 0.489 e. The number of rotatable bonds is 4. The third kappa shape index (κ3) is 3.51. The van der Waals surface area contributed by atoms with Gasteiger partial charge in [-0.25, -0.2) is 0 Å². The maximum absolute atomic E-state index is 10.4. The highest BCUT2D eigenvalue weighted by molar-refractivity contribution is 7.09. The zero-order valence-corrected chi connectivity index (χ0v) is 13.1. The maximum atomic E-state index is 10.4. The van der Waals surface area contributed by atoms with E-state index in [1.165, 1.54) is 4.88 Å². The molecule has 1 aliphatic rings. The van der Waals surface area contributed by atoms with E-state index in [4.69, 9.17) is 21.1 Å². The van der Waals surface area contributed by atoms with E-state index in [1.807, 2.05) is 17.5 Å². The van der Waals surface area contributed by atoms with Crippen LogP contribution in [0.2, 0.25) is 5.02 Å². The lowest BCUT2D eigenvalue weighted by molar-refractivity contribution is 0.167. The van der Waals surface area contributed by atoms with E-state index in [-0.39, 0.29) is 0 Å². The number of aryl methyl sites for hydroxylation is 1. The Labute approximate surface area is 133 Å². The molecule has 2 heterocycles. The van der Waals surface area contributed by atoms with E-state index in [9.17, 15) is 5.11 Å². The Balaban J connectivity index is 1.75. The molecule has 0 bridgehead atoms. The molecule has 0 aliphatic carbocycles. The number of hydrogen-bond acceptors (Lipinski definition) is 4. The molecular weight excluding hydrogens is 308 g/mol. The van der Waals surface area contributed by atoms with E-state index in [0.29, 0.717) is 36.2 Å². The normalized spacial score (nSPS) is 15.5. The lowest BCUT2D eigenvalue weighted by Crippen LogP contribution is -2.01. The minimum Gasteiger partial charge on any atom is -0.489 e. The van der Waals surface area contributed by atoms with Crippen LogP contribution in [-0.2, 0) is 6.42 Å². The third-order valence-corrected chi connectivity index (χ3v) is 4.67. The molecule has 0 saturated carbocycles. The first-order chi connectivity index (χ1) is 10.2. The van der Waals surface area contributed by atoms with Gasteiger partial charge in [0, 0.05) is 11.3 Å². The predicted molar refractivity (Wildman–Crippen MR) is 84.7 cm³/mol. The number of thiophene rings is 1. The number of benzene rings is 1. The van der Waals surface area contributed by atoms with Crippen LogP contribution >= 0.6 is 22.9 Å². The van der Waals surface area contributed by atoms with Gasteiger partial charge in [0.15, 0.2) is 11.5 Å². The molecule has 1 aromatic heterocycles. The fourth-order valence-electron chi connectivity index (χ4n) is 2.34. The molecule has 0 spiro atoms. The van der Waals surface area contributed by atoms with Crippen LogP contribution in [0.4, 0.5) is 0 Å². The summed E-state index contributed by atoms with van der Waals surface area (Å²) >= 11 is 7.96. The lowest BCUT2D eigenvalue weighted by atomic mass is 10.0. The van der Waals surface area contributed by atoms with Gasteiger partial charge in [-0.05, 0) is 42.0 Å². The first-order valence-electron chi connectivity index (χ1n) is 7.03. The van der Waals surface area contributed by atoms with Gasteiger partial charge < -0.3 is 14.6 Å².